The van der Waals surface area contributed by atoms with Crippen LogP contribution in [0.2, 0.25) is 0 Å². The molecule has 2 N–H and O–H groups in total. The molecule has 0 spiro atoms. The lowest BCUT2D eigenvalue weighted by molar-refractivity contribution is 0.617. The highest BCUT2D eigenvalue weighted by Gasteiger charge is 2.14. The van der Waals surface area contributed by atoms with Gasteiger partial charge in [0.25, 0.3) is 0 Å². The molecule has 0 fully saturated rings. The minimum atomic E-state index is -0.464. The summed E-state index contributed by atoms with van der Waals surface area (Å²) < 4.78 is 29.1. The molecule has 2 aliphatic heterocycles. The molecule has 2 aliphatic rings. The second-order valence-electron chi connectivity index (χ2n) is 6.50. The average molecular weight is 354 g/mol. The lowest BCUT2D eigenvalue weighted by Gasteiger charge is -2.11. The van der Waals surface area contributed by atoms with Crippen LogP contribution in [0, 0.1) is 11.6 Å². The van der Waals surface area contributed by atoms with Crippen molar-refractivity contribution in [3.8, 4) is 11.1 Å². The zero-order valence-corrected chi connectivity index (χ0v) is 14.4. The number of nitrogens with one attached hydrogen (secondary N) is 2. The van der Waals surface area contributed by atoms with Crippen molar-refractivity contribution in [2.75, 3.05) is 23.7 Å². The van der Waals surface area contributed by atoms with Crippen molar-refractivity contribution in [3.63, 3.8) is 0 Å². The summed E-state index contributed by atoms with van der Waals surface area (Å²) in [5, 5.41) is 6.24. The highest BCUT2D eigenvalue weighted by Crippen LogP contribution is 2.29. The normalized spacial score (nSPS) is 16.4. The predicted molar refractivity (Wildman–Crippen MR) is 102 cm³/mol. The van der Waals surface area contributed by atoms with Crippen molar-refractivity contribution in [3.05, 3.63) is 48.0 Å². The fraction of sp³-hybridized carbons (Fsp3) is 0.300. The summed E-state index contributed by atoms with van der Waals surface area (Å²) in [7, 11) is 0. The first-order valence-electron chi connectivity index (χ1n) is 8.89. The molecular weight excluding hydrogens is 334 g/mol. The van der Waals surface area contributed by atoms with Gasteiger partial charge in [-0.15, -0.1) is 0 Å². The fourth-order valence-corrected chi connectivity index (χ4v) is 3.24. The molecule has 0 bridgehead atoms. The molecule has 6 heteroatoms. The number of hydrogen-bond acceptors (Lipinski definition) is 4. The third kappa shape index (κ3) is 3.59. The van der Waals surface area contributed by atoms with Crippen LogP contribution in [0.4, 0.5) is 20.2 Å². The molecule has 2 aromatic carbocycles. The summed E-state index contributed by atoms with van der Waals surface area (Å²) in [6.07, 6.45) is 3.78. The first kappa shape index (κ1) is 16.7. The average Bonchev–Trinajstić information content (AvgIpc) is 3.30. The number of benzene rings is 2. The van der Waals surface area contributed by atoms with Crippen molar-refractivity contribution in [1.29, 1.82) is 0 Å². The van der Waals surface area contributed by atoms with E-state index in [1.807, 2.05) is 0 Å². The summed E-state index contributed by atoms with van der Waals surface area (Å²) >= 11 is 0. The van der Waals surface area contributed by atoms with Crippen LogP contribution >= 0.6 is 0 Å². The van der Waals surface area contributed by atoms with Crippen LogP contribution in [0.25, 0.3) is 11.1 Å². The van der Waals surface area contributed by atoms with Gasteiger partial charge in [0.05, 0.1) is 0 Å². The molecule has 2 heterocycles. The van der Waals surface area contributed by atoms with Crippen LogP contribution in [0.5, 0.6) is 0 Å². The maximum absolute atomic E-state index is 14.5. The first-order chi connectivity index (χ1) is 12.7. The standard InChI is InChI=1S/C20H20F2N4/c21-17-11-13(25-19-3-1-9-23-19)5-7-15(17)16-8-6-14(12-18(16)22)26-20-4-2-10-24-20/h5-8,11-12H,1-4,9-10H2,(H,23,25)(H,24,26). The Morgan fingerprint density at radius 3 is 1.50 bits per heavy atom. The molecule has 2 aromatic rings. The van der Waals surface area contributed by atoms with Gasteiger partial charge in [0.2, 0.25) is 0 Å². The van der Waals surface area contributed by atoms with E-state index in [2.05, 4.69) is 20.6 Å². The van der Waals surface area contributed by atoms with Gasteiger partial charge in [0.1, 0.15) is 23.3 Å². The van der Waals surface area contributed by atoms with Crippen LogP contribution in [-0.4, -0.2) is 24.8 Å². The first-order valence-corrected chi connectivity index (χ1v) is 8.89. The highest BCUT2D eigenvalue weighted by atomic mass is 19.1. The SMILES string of the molecule is Fc1cc(NC2=NCCC2)ccc1-c1ccc(NC2=NCCC2)cc1F. The molecule has 0 aliphatic carbocycles. The Kier molecular flexibility index (Phi) is 4.65. The maximum Gasteiger partial charge on any atom is 0.133 e. The van der Waals surface area contributed by atoms with Crippen LogP contribution < -0.4 is 10.6 Å². The van der Waals surface area contributed by atoms with Gasteiger partial charge in [0, 0.05) is 48.4 Å². The van der Waals surface area contributed by atoms with Gasteiger partial charge in [0.15, 0.2) is 0 Å². The van der Waals surface area contributed by atoms with Gasteiger partial charge < -0.3 is 10.6 Å². The molecular formula is C20H20F2N4. The second-order valence-corrected chi connectivity index (χ2v) is 6.50. The lowest BCUT2D eigenvalue weighted by atomic mass is 10.0. The minimum Gasteiger partial charge on any atom is -0.344 e. The quantitative estimate of drug-likeness (QED) is 0.828. The monoisotopic (exact) mass is 354 g/mol. The van der Waals surface area contributed by atoms with E-state index in [-0.39, 0.29) is 11.1 Å². The molecule has 4 rings (SSSR count). The summed E-state index contributed by atoms with van der Waals surface area (Å²) in [6, 6.07) is 9.46. The third-order valence-electron chi connectivity index (χ3n) is 4.55. The second kappa shape index (κ2) is 7.23. The van der Waals surface area contributed by atoms with Crippen molar-refractivity contribution in [1.82, 2.24) is 0 Å². The number of anilines is 2. The number of nitrogens with zero attached hydrogens (tertiary/aromatic N) is 2. The molecule has 26 heavy (non-hydrogen) atoms. The van der Waals surface area contributed by atoms with Crippen molar-refractivity contribution >= 4 is 23.0 Å². The smallest absolute Gasteiger partial charge is 0.133 e. The van der Waals surface area contributed by atoms with Gasteiger partial charge in [-0.05, 0) is 49.2 Å². The van der Waals surface area contributed by atoms with Crippen molar-refractivity contribution < 1.29 is 8.78 Å². The zero-order valence-electron chi connectivity index (χ0n) is 14.4. The summed E-state index contributed by atoms with van der Waals surface area (Å²) in [4.78, 5) is 8.63. The van der Waals surface area contributed by atoms with Crippen molar-refractivity contribution in [2.24, 2.45) is 9.98 Å². The van der Waals surface area contributed by atoms with E-state index in [1.54, 1.807) is 24.3 Å². The molecule has 0 saturated heterocycles. The number of halogens is 2. The van der Waals surface area contributed by atoms with Gasteiger partial charge in [-0.1, -0.05) is 0 Å². The Morgan fingerprint density at radius 2 is 1.15 bits per heavy atom. The van der Waals surface area contributed by atoms with E-state index < -0.39 is 11.6 Å². The Morgan fingerprint density at radius 1 is 0.692 bits per heavy atom. The topological polar surface area (TPSA) is 48.8 Å². The summed E-state index contributed by atoms with van der Waals surface area (Å²) in [5.41, 5.74) is 1.74. The van der Waals surface area contributed by atoms with Gasteiger partial charge in [-0.25, -0.2) is 8.78 Å². The molecule has 134 valence electrons. The Balaban J connectivity index is 1.54. The van der Waals surface area contributed by atoms with E-state index in [0.717, 1.165) is 50.4 Å². The molecule has 0 amide bonds. The van der Waals surface area contributed by atoms with E-state index in [4.69, 9.17) is 0 Å². The number of hydrogen-bond donors (Lipinski definition) is 2. The van der Waals surface area contributed by atoms with Gasteiger partial charge in [-0.2, -0.15) is 0 Å². The lowest BCUT2D eigenvalue weighted by Crippen LogP contribution is -2.09. The van der Waals surface area contributed by atoms with Crippen molar-refractivity contribution in [2.45, 2.75) is 25.7 Å². The molecule has 0 saturated carbocycles. The van der Waals surface area contributed by atoms with Crippen LogP contribution in [-0.2, 0) is 0 Å². The number of rotatable bonds is 3. The maximum atomic E-state index is 14.5. The van der Waals surface area contributed by atoms with E-state index in [9.17, 15) is 8.78 Å². The Bertz CT molecular complexity index is 816. The largest absolute Gasteiger partial charge is 0.344 e. The summed E-state index contributed by atoms with van der Waals surface area (Å²) in [6.45, 7) is 1.61. The van der Waals surface area contributed by atoms with Crippen LogP contribution in [0.15, 0.2) is 46.4 Å². The minimum absolute atomic E-state index is 0.242. The molecule has 4 nitrogen and oxygen atoms in total. The molecule has 0 unspecified atom stereocenters. The van der Waals surface area contributed by atoms with E-state index in [1.165, 1.54) is 12.1 Å². The fourth-order valence-electron chi connectivity index (χ4n) is 3.24. The molecule has 0 aromatic heterocycles. The molecule has 0 atom stereocenters. The molecule has 0 radical (unpaired) electrons. The zero-order chi connectivity index (χ0) is 17.9. The van der Waals surface area contributed by atoms with E-state index >= 15 is 0 Å². The highest BCUT2D eigenvalue weighted by molar-refractivity contribution is 5.97. The number of aliphatic imine (C=N–C) groups is 2. The third-order valence-corrected chi connectivity index (χ3v) is 4.55. The Labute approximate surface area is 151 Å². The predicted octanol–water partition coefficient (Wildman–Crippen LogP) is 4.84. The van der Waals surface area contributed by atoms with Crippen LogP contribution in [0.1, 0.15) is 25.7 Å². The summed E-state index contributed by atoms with van der Waals surface area (Å²) in [5.74, 6) is 0.809. The van der Waals surface area contributed by atoms with Gasteiger partial charge >= 0.3 is 0 Å². The van der Waals surface area contributed by atoms with Crippen LogP contribution in [0.3, 0.4) is 0 Å². The van der Waals surface area contributed by atoms with Gasteiger partial charge in [-0.3, -0.25) is 9.98 Å². The van der Waals surface area contributed by atoms with E-state index in [0.29, 0.717) is 11.4 Å². The Hall–Kier alpha value is -2.76. The number of amidine groups is 2.